The molecule has 0 fully saturated rings. The van der Waals surface area contributed by atoms with Crippen molar-refractivity contribution >= 4 is 81.5 Å². The lowest BCUT2D eigenvalue weighted by Crippen LogP contribution is -2.35. The second-order valence-electron chi connectivity index (χ2n) is 16.3. The van der Waals surface area contributed by atoms with Gasteiger partial charge in [0.25, 0.3) is 5.91 Å². The quantitative estimate of drug-likeness (QED) is 0.0173. The van der Waals surface area contributed by atoms with Crippen LogP contribution in [0.25, 0.3) is 38.6 Å². The van der Waals surface area contributed by atoms with Crippen LogP contribution in [0.5, 0.6) is 5.75 Å². The Bertz CT molecular complexity index is 2860. The molecule has 0 bridgehead atoms. The number of carbonyl (C=O) groups excluding carboxylic acids is 1. The molecule has 0 saturated heterocycles. The number of para-hydroxylation sites is 1. The molecule has 11 nitrogen and oxygen atoms in total. The van der Waals surface area contributed by atoms with Gasteiger partial charge in [-0.25, -0.2) is 9.97 Å². The van der Waals surface area contributed by atoms with Crippen molar-refractivity contribution in [2.45, 2.75) is 65.5 Å². The Kier molecular flexibility index (Phi) is 17.1. The number of carbonyl (C=O) groups is 1. The van der Waals surface area contributed by atoms with Gasteiger partial charge in [0, 0.05) is 50.7 Å². The van der Waals surface area contributed by atoms with E-state index in [0.29, 0.717) is 48.4 Å². The van der Waals surface area contributed by atoms with Crippen LogP contribution in [-0.2, 0) is 31.4 Å². The number of benzene rings is 3. The van der Waals surface area contributed by atoms with E-state index in [1.807, 2.05) is 55.8 Å². The number of fused-ring (bicyclic) bond motifs is 3. The molecule has 0 aliphatic carbocycles. The van der Waals surface area contributed by atoms with Gasteiger partial charge >= 0.3 is 7.40 Å². The Morgan fingerprint density at radius 1 is 0.896 bits per heavy atom. The number of nitrogens with one attached hydrogen (secondary N) is 3. The summed E-state index contributed by atoms with van der Waals surface area (Å²) in [6, 6.07) is 31.4. The molecule has 5 N–H and O–H groups in total. The normalized spacial score (nSPS) is 12.0. The highest BCUT2D eigenvalue weighted by Crippen LogP contribution is 2.31. The number of pyridine rings is 1. The zero-order valence-electron chi connectivity index (χ0n) is 38.1. The fraction of sp³-hybridized carbons (Fsp3) is 0.275. The summed E-state index contributed by atoms with van der Waals surface area (Å²) < 4.78 is 36.9. The first-order valence-corrected chi connectivity index (χ1v) is 23.9. The zero-order valence-corrected chi connectivity index (χ0v) is 39.7. The molecular weight excluding hydrogens is 884 g/mol. The Morgan fingerprint density at radius 3 is 2.40 bits per heavy atom. The predicted octanol–water partition coefficient (Wildman–Crippen LogP) is 10.3. The second kappa shape index (κ2) is 23.7. The number of amides is 1. The number of imidazole rings is 1. The van der Waals surface area contributed by atoms with Gasteiger partial charge in [-0.3, -0.25) is 18.3 Å². The second-order valence-corrected chi connectivity index (χ2v) is 17.6. The van der Waals surface area contributed by atoms with Crippen LogP contribution < -0.4 is 26.4 Å². The fourth-order valence-electron chi connectivity index (χ4n) is 7.72. The Balaban J connectivity index is 0.783. The molecule has 67 heavy (non-hydrogen) atoms. The molecule has 7 rings (SSSR count). The molecule has 0 radical (unpaired) electrons. The van der Waals surface area contributed by atoms with Crippen LogP contribution >= 0.6 is 23.6 Å². The molecule has 0 aliphatic heterocycles. The smallest absolute Gasteiger partial charge is 0.484 e. The van der Waals surface area contributed by atoms with Crippen LogP contribution in [-0.4, -0.2) is 62.9 Å². The van der Waals surface area contributed by atoms with Crippen molar-refractivity contribution in [2.24, 2.45) is 12.0 Å². The van der Waals surface area contributed by atoms with Crippen molar-refractivity contribution in [3.05, 3.63) is 148 Å². The molecule has 0 spiro atoms. The molecule has 16 heteroatoms. The topological polar surface area (TPSA) is 136 Å². The molecule has 4 heterocycles. The van der Waals surface area contributed by atoms with Gasteiger partial charge in [-0.2, -0.15) is 0 Å². The van der Waals surface area contributed by atoms with Gasteiger partial charge in [0.05, 0.1) is 27.3 Å². The monoisotopic (exact) mass is 939 g/mol. The van der Waals surface area contributed by atoms with E-state index in [2.05, 4.69) is 84.4 Å². The minimum atomic E-state index is -2.87. The number of ether oxygens (including phenoxy) is 1. The SMILES string of the molecule is CCCCc1nc2c(N)nc3ccccc3c2n1Cc1ccc(CNC(=S)NCCCCCNC(=O)COc2ccc(C(/C=C\C(C)=C\c3ccc(-c4cccs4)n3C)=NB(F)F)cc2)cc1. The van der Waals surface area contributed by atoms with Crippen LogP contribution in [0.1, 0.15) is 74.2 Å². The third-order valence-electron chi connectivity index (χ3n) is 11.3. The minimum Gasteiger partial charge on any atom is -0.484 e. The van der Waals surface area contributed by atoms with Gasteiger partial charge in [-0.15, -0.1) is 11.3 Å². The van der Waals surface area contributed by atoms with Crippen LogP contribution in [0.3, 0.4) is 0 Å². The lowest BCUT2D eigenvalue weighted by atomic mass is 10.1. The first-order valence-electron chi connectivity index (χ1n) is 22.6. The maximum atomic E-state index is 13.4. The van der Waals surface area contributed by atoms with Gasteiger partial charge in [0.15, 0.2) is 17.5 Å². The van der Waals surface area contributed by atoms with Gasteiger partial charge in [-0.1, -0.05) is 68.0 Å². The lowest BCUT2D eigenvalue weighted by molar-refractivity contribution is -0.123. The number of allylic oxidation sites excluding steroid dienone is 3. The zero-order chi connectivity index (χ0) is 47.1. The number of nitrogens with zero attached hydrogens (tertiary/aromatic N) is 5. The summed E-state index contributed by atoms with van der Waals surface area (Å²) >= 11 is 7.21. The van der Waals surface area contributed by atoms with Crippen LogP contribution in [0.2, 0.25) is 0 Å². The van der Waals surface area contributed by atoms with Crippen LogP contribution in [0.15, 0.2) is 125 Å². The van der Waals surface area contributed by atoms with E-state index in [-0.39, 0.29) is 18.2 Å². The number of anilines is 1. The van der Waals surface area contributed by atoms with E-state index in [9.17, 15) is 13.4 Å². The number of nitrogens with two attached hydrogens (primary N) is 1. The third kappa shape index (κ3) is 13.3. The largest absolute Gasteiger partial charge is 0.692 e. The highest BCUT2D eigenvalue weighted by molar-refractivity contribution is 7.80. The van der Waals surface area contributed by atoms with Crippen molar-refractivity contribution in [3.63, 3.8) is 0 Å². The highest BCUT2D eigenvalue weighted by Gasteiger charge is 2.18. The molecule has 4 aromatic heterocycles. The van der Waals surface area contributed by atoms with Crippen molar-refractivity contribution in [1.29, 1.82) is 0 Å². The molecule has 0 atom stereocenters. The van der Waals surface area contributed by atoms with Crippen molar-refractivity contribution < 1.29 is 18.2 Å². The van der Waals surface area contributed by atoms with Gasteiger partial charge < -0.3 is 35.6 Å². The summed E-state index contributed by atoms with van der Waals surface area (Å²) in [5.41, 5.74) is 15.0. The number of rotatable bonds is 22. The molecule has 346 valence electrons. The number of hydrogen-bond acceptors (Lipinski definition) is 8. The number of aromatic nitrogens is 4. The predicted molar refractivity (Wildman–Crippen MR) is 276 cm³/mol. The first-order chi connectivity index (χ1) is 32.6. The van der Waals surface area contributed by atoms with Crippen molar-refractivity contribution in [3.8, 4) is 16.3 Å². The maximum absolute atomic E-state index is 13.4. The first kappa shape index (κ1) is 48.3. The number of halogens is 2. The van der Waals surface area contributed by atoms with E-state index in [0.717, 1.165) is 88.8 Å². The number of thiocarbonyl (C=S) groups is 1. The van der Waals surface area contributed by atoms with E-state index in [1.165, 1.54) is 10.4 Å². The summed E-state index contributed by atoms with van der Waals surface area (Å²) in [7, 11) is -0.870. The summed E-state index contributed by atoms with van der Waals surface area (Å²) in [4.78, 5) is 26.8. The van der Waals surface area contributed by atoms with E-state index < -0.39 is 7.40 Å². The molecule has 0 saturated carbocycles. The summed E-state index contributed by atoms with van der Waals surface area (Å²) in [6.45, 7) is 6.45. The Labute approximate surface area is 400 Å². The highest BCUT2D eigenvalue weighted by atomic mass is 32.1. The van der Waals surface area contributed by atoms with Crippen molar-refractivity contribution in [1.82, 2.24) is 35.1 Å². The average molecular weight is 940 g/mol. The lowest BCUT2D eigenvalue weighted by Gasteiger charge is -2.13. The molecule has 0 unspecified atom stereocenters. The van der Waals surface area contributed by atoms with Crippen LogP contribution in [0.4, 0.5) is 14.4 Å². The number of thiophene rings is 1. The third-order valence-corrected chi connectivity index (χ3v) is 12.5. The number of unbranched alkanes of at least 4 members (excludes halogenated alkanes) is 3. The van der Waals surface area contributed by atoms with E-state index >= 15 is 0 Å². The minimum absolute atomic E-state index is 0.139. The van der Waals surface area contributed by atoms with Crippen LogP contribution in [0, 0.1) is 0 Å². The molecular formula is C51H56BF2N9O2S2. The van der Waals surface area contributed by atoms with E-state index in [1.54, 1.807) is 47.8 Å². The summed E-state index contributed by atoms with van der Waals surface area (Å²) in [6.07, 6.45) is 10.9. The average Bonchev–Trinajstić information content (AvgIpc) is 4.08. The maximum Gasteiger partial charge on any atom is 0.692 e. The molecule has 7 aromatic rings. The summed E-state index contributed by atoms with van der Waals surface area (Å²) in [5.74, 6) is 1.69. The Morgan fingerprint density at radius 2 is 1.66 bits per heavy atom. The number of nitrogen functional groups attached to an aromatic ring is 1. The molecule has 1 amide bonds. The molecule has 0 aliphatic rings. The number of hydrogen-bond donors (Lipinski definition) is 4. The van der Waals surface area contributed by atoms with Gasteiger partial charge in [0.1, 0.15) is 17.1 Å². The van der Waals surface area contributed by atoms with Crippen molar-refractivity contribution in [2.75, 3.05) is 25.4 Å². The van der Waals surface area contributed by atoms with Gasteiger partial charge in [-0.05, 0) is 133 Å². The van der Waals surface area contributed by atoms with Gasteiger partial charge in [0.2, 0.25) is 0 Å². The standard InChI is InChI=1S/C51H56BF2N9O2S2/c1-4-5-15-46-60-48-49(41-12-7-8-13-43(41)59-50(48)55)63(46)33-37-19-17-36(18-20-37)32-58-51(66)57-29-10-6-9-28-56-47(64)34-65-40-24-21-38(22-25-40)42(61-52(53)54)26-16-35(2)31-39-23-27-44(62(39)3)45-14-11-30-67-45/h7-8,11-14,16-27,30-31H,4-6,9-10,15,28-29,32-34H2,1-3H3,(H2,55,59)(H,56,64)(H2,57,58,66)/b26-16-,35-31+,61-42?. The van der Waals surface area contributed by atoms with E-state index in [4.69, 9.17) is 27.7 Å². The molecule has 3 aromatic carbocycles. The summed E-state index contributed by atoms with van der Waals surface area (Å²) in [5, 5.41) is 13.1. The fourth-order valence-corrected chi connectivity index (χ4v) is 8.68. The number of aryl methyl sites for hydroxylation is 1. The Hall–Kier alpha value is -6.65.